The van der Waals surface area contributed by atoms with E-state index in [-0.39, 0.29) is 5.15 Å². The molecule has 3 rings (SSSR count). The molecule has 0 amide bonds. The molecule has 2 aromatic heterocycles. The lowest BCUT2D eigenvalue weighted by molar-refractivity contribution is 0.591. The Morgan fingerprint density at radius 2 is 2.21 bits per heavy atom. The molecule has 19 heavy (non-hydrogen) atoms. The summed E-state index contributed by atoms with van der Waals surface area (Å²) in [6.45, 7) is 0.944. The number of aromatic nitrogens is 4. The van der Waals surface area contributed by atoms with Crippen LogP contribution in [0.2, 0.25) is 5.15 Å². The average Bonchev–Trinajstić information content (AvgIpc) is 2.86. The molecule has 0 radical (unpaired) electrons. The smallest absolute Gasteiger partial charge is 0.196 e. The molecule has 0 saturated carbocycles. The predicted octanol–water partition coefficient (Wildman–Crippen LogP) is 3.14. The molecule has 0 N–H and O–H groups in total. The van der Waals surface area contributed by atoms with Crippen molar-refractivity contribution in [3.05, 3.63) is 16.5 Å². The zero-order chi connectivity index (χ0) is 13.2. The van der Waals surface area contributed by atoms with Crippen molar-refractivity contribution in [2.75, 3.05) is 0 Å². The fraction of sp³-hybridized carbons (Fsp3) is 0.455. The Bertz CT molecular complexity index is 642. The van der Waals surface area contributed by atoms with E-state index in [1.165, 1.54) is 36.1 Å². The number of halogens is 1. The highest BCUT2D eigenvalue weighted by Gasteiger charge is 2.19. The number of rotatable bonds is 2. The second kappa shape index (κ2) is 5.49. The molecule has 0 unspecified atom stereocenters. The van der Waals surface area contributed by atoms with E-state index in [1.807, 2.05) is 0 Å². The standard InChI is InChI=1S/C11H10ClN5S2/c12-9-7(6-13)10(19-16-9)18-11-15-14-8-4-2-1-3-5-17(8)11/h1-5H2. The van der Waals surface area contributed by atoms with Crippen LogP contribution in [0.3, 0.4) is 0 Å². The van der Waals surface area contributed by atoms with Crippen molar-refractivity contribution in [1.29, 1.82) is 5.26 Å². The topological polar surface area (TPSA) is 67.4 Å². The third kappa shape index (κ3) is 2.48. The van der Waals surface area contributed by atoms with Crippen molar-refractivity contribution in [3.8, 4) is 6.07 Å². The lowest BCUT2D eigenvalue weighted by atomic mass is 10.2. The highest BCUT2D eigenvalue weighted by molar-refractivity contribution is 8.01. The molecule has 2 aromatic rings. The first kappa shape index (κ1) is 12.9. The summed E-state index contributed by atoms with van der Waals surface area (Å²) in [5, 5.41) is 18.6. The monoisotopic (exact) mass is 311 g/mol. The van der Waals surface area contributed by atoms with Crippen molar-refractivity contribution >= 4 is 34.9 Å². The maximum absolute atomic E-state index is 9.08. The molecule has 0 aromatic carbocycles. The normalized spacial score (nSPS) is 14.7. The van der Waals surface area contributed by atoms with Crippen LogP contribution in [-0.4, -0.2) is 19.1 Å². The molecule has 1 aliphatic rings. The molecule has 0 saturated heterocycles. The van der Waals surface area contributed by atoms with Crippen LogP contribution in [0.5, 0.6) is 0 Å². The number of nitrogens with zero attached hydrogens (tertiary/aromatic N) is 5. The first-order valence-corrected chi connectivity index (χ1v) is 7.91. The van der Waals surface area contributed by atoms with E-state index in [1.54, 1.807) is 0 Å². The van der Waals surface area contributed by atoms with Crippen LogP contribution in [0.1, 0.15) is 30.7 Å². The van der Waals surface area contributed by atoms with Gasteiger partial charge in [-0.25, -0.2) is 0 Å². The van der Waals surface area contributed by atoms with Gasteiger partial charge in [-0.2, -0.15) is 9.64 Å². The van der Waals surface area contributed by atoms with Crippen LogP contribution in [0.4, 0.5) is 0 Å². The number of hydrogen-bond acceptors (Lipinski definition) is 6. The molecule has 98 valence electrons. The Hall–Kier alpha value is -1.10. The third-order valence-corrected chi connectivity index (χ3v) is 5.36. The van der Waals surface area contributed by atoms with Crippen LogP contribution < -0.4 is 0 Å². The number of fused-ring (bicyclic) bond motifs is 1. The van der Waals surface area contributed by atoms with E-state index < -0.39 is 0 Å². The minimum Gasteiger partial charge on any atom is -0.306 e. The van der Waals surface area contributed by atoms with Crippen LogP contribution >= 0.6 is 34.9 Å². The van der Waals surface area contributed by atoms with Gasteiger partial charge in [0.05, 0.1) is 0 Å². The first-order valence-electron chi connectivity index (χ1n) is 5.95. The zero-order valence-corrected chi connectivity index (χ0v) is 12.4. The van der Waals surface area contributed by atoms with Gasteiger partial charge in [0.25, 0.3) is 0 Å². The SMILES string of the molecule is N#Cc1c(Cl)nsc1Sc1nnc2n1CCCCC2. The van der Waals surface area contributed by atoms with Crippen LogP contribution in [0.15, 0.2) is 9.37 Å². The Labute approximate surface area is 123 Å². The van der Waals surface area contributed by atoms with Crippen LogP contribution in [0, 0.1) is 11.3 Å². The summed E-state index contributed by atoms with van der Waals surface area (Å²) >= 11 is 8.54. The van der Waals surface area contributed by atoms with Crippen molar-refractivity contribution < 1.29 is 0 Å². The van der Waals surface area contributed by atoms with E-state index >= 15 is 0 Å². The van der Waals surface area contributed by atoms with E-state index in [2.05, 4.69) is 25.2 Å². The summed E-state index contributed by atoms with van der Waals surface area (Å²) in [5.41, 5.74) is 0.433. The summed E-state index contributed by atoms with van der Waals surface area (Å²) in [6.07, 6.45) is 4.51. The Kier molecular flexibility index (Phi) is 3.73. The maximum atomic E-state index is 9.08. The van der Waals surface area contributed by atoms with Crippen molar-refractivity contribution in [2.24, 2.45) is 0 Å². The van der Waals surface area contributed by atoms with Gasteiger partial charge in [0.2, 0.25) is 0 Å². The fourth-order valence-corrected chi connectivity index (χ4v) is 4.16. The third-order valence-electron chi connectivity index (χ3n) is 2.99. The zero-order valence-electron chi connectivity index (χ0n) is 9.97. The molecule has 0 fully saturated rings. The minimum atomic E-state index is 0.269. The Morgan fingerprint density at radius 1 is 1.32 bits per heavy atom. The van der Waals surface area contributed by atoms with Gasteiger partial charge in [0.1, 0.15) is 21.7 Å². The van der Waals surface area contributed by atoms with Crippen LogP contribution in [-0.2, 0) is 13.0 Å². The molecule has 5 nitrogen and oxygen atoms in total. The summed E-state index contributed by atoms with van der Waals surface area (Å²) in [7, 11) is 0. The van der Waals surface area contributed by atoms with Crippen molar-refractivity contribution in [2.45, 2.75) is 41.6 Å². The number of aryl methyl sites for hydroxylation is 1. The molecule has 0 atom stereocenters. The molecular weight excluding hydrogens is 302 g/mol. The van der Waals surface area contributed by atoms with E-state index in [0.717, 1.165) is 34.6 Å². The summed E-state index contributed by atoms with van der Waals surface area (Å²) in [4.78, 5) is 0. The highest BCUT2D eigenvalue weighted by atomic mass is 35.5. The van der Waals surface area contributed by atoms with Gasteiger partial charge in [-0.3, -0.25) is 0 Å². The fourth-order valence-electron chi connectivity index (χ4n) is 2.04. The molecule has 8 heteroatoms. The van der Waals surface area contributed by atoms with E-state index in [9.17, 15) is 0 Å². The Balaban J connectivity index is 1.92. The molecule has 3 heterocycles. The highest BCUT2D eigenvalue weighted by Crippen LogP contribution is 2.36. The van der Waals surface area contributed by atoms with Gasteiger partial charge in [0.15, 0.2) is 10.3 Å². The molecule has 0 bridgehead atoms. The maximum Gasteiger partial charge on any atom is 0.196 e. The molecule has 0 spiro atoms. The largest absolute Gasteiger partial charge is 0.306 e. The van der Waals surface area contributed by atoms with Gasteiger partial charge in [0, 0.05) is 13.0 Å². The number of nitriles is 1. The molecule has 0 aliphatic carbocycles. The second-order valence-electron chi connectivity index (χ2n) is 4.21. The second-order valence-corrected chi connectivity index (χ2v) is 6.58. The minimum absolute atomic E-state index is 0.269. The van der Waals surface area contributed by atoms with E-state index in [4.69, 9.17) is 16.9 Å². The van der Waals surface area contributed by atoms with Crippen molar-refractivity contribution in [3.63, 3.8) is 0 Å². The lowest BCUT2D eigenvalue weighted by Gasteiger charge is -2.04. The van der Waals surface area contributed by atoms with Crippen LogP contribution in [0.25, 0.3) is 0 Å². The predicted molar refractivity (Wildman–Crippen MR) is 73.5 cm³/mol. The van der Waals surface area contributed by atoms with Gasteiger partial charge < -0.3 is 4.57 Å². The van der Waals surface area contributed by atoms with E-state index in [0.29, 0.717) is 5.56 Å². The summed E-state index contributed by atoms with van der Waals surface area (Å²) in [5.74, 6) is 1.04. The van der Waals surface area contributed by atoms with Gasteiger partial charge in [-0.1, -0.05) is 18.0 Å². The van der Waals surface area contributed by atoms with Gasteiger partial charge >= 0.3 is 0 Å². The van der Waals surface area contributed by atoms with Crippen molar-refractivity contribution in [1.82, 2.24) is 19.1 Å². The first-order chi connectivity index (χ1) is 9.29. The summed E-state index contributed by atoms with van der Waals surface area (Å²) in [6, 6.07) is 2.09. The molecule has 1 aliphatic heterocycles. The van der Waals surface area contributed by atoms with Gasteiger partial charge in [-0.15, -0.1) is 10.2 Å². The quantitative estimate of drug-likeness (QED) is 0.852. The number of hydrogen-bond donors (Lipinski definition) is 0. The molecular formula is C11H10ClN5S2. The van der Waals surface area contributed by atoms with Gasteiger partial charge in [-0.05, 0) is 36.1 Å². The average molecular weight is 312 g/mol. The Morgan fingerprint density at radius 3 is 3.05 bits per heavy atom. The lowest BCUT2D eigenvalue weighted by Crippen LogP contribution is -2.01. The summed E-state index contributed by atoms with van der Waals surface area (Å²) < 4.78 is 6.93.